The standard InChI is InChI=1S/C14H16N4O3/c19-14(21-10-13-3-1-2-6-20-13)11-7-12(9-15-8-11)18-5-4-16-17-18/h4-5,7-9,13H,1-3,6,10H2. The minimum Gasteiger partial charge on any atom is -0.459 e. The SMILES string of the molecule is O=C(OCC1CCCCO1)c1cncc(-n2ccnn2)c1. The molecule has 0 bridgehead atoms. The summed E-state index contributed by atoms with van der Waals surface area (Å²) in [6, 6.07) is 1.67. The van der Waals surface area contributed by atoms with Crippen LogP contribution >= 0.6 is 0 Å². The second-order valence-electron chi connectivity index (χ2n) is 4.87. The van der Waals surface area contributed by atoms with E-state index in [-0.39, 0.29) is 12.7 Å². The van der Waals surface area contributed by atoms with Crippen molar-refractivity contribution in [1.82, 2.24) is 20.0 Å². The quantitative estimate of drug-likeness (QED) is 0.791. The lowest BCUT2D eigenvalue weighted by Gasteiger charge is -2.22. The molecule has 110 valence electrons. The van der Waals surface area contributed by atoms with Crippen LogP contribution < -0.4 is 0 Å². The average Bonchev–Trinajstić information content (AvgIpc) is 3.08. The van der Waals surface area contributed by atoms with Gasteiger partial charge in [0.25, 0.3) is 0 Å². The number of ether oxygens (including phenoxy) is 2. The lowest BCUT2D eigenvalue weighted by molar-refractivity contribution is -0.0300. The van der Waals surface area contributed by atoms with Gasteiger partial charge in [0.2, 0.25) is 0 Å². The fraction of sp³-hybridized carbons (Fsp3) is 0.429. The van der Waals surface area contributed by atoms with Crippen LogP contribution in [0.15, 0.2) is 30.9 Å². The molecule has 1 unspecified atom stereocenters. The smallest absolute Gasteiger partial charge is 0.339 e. The van der Waals surface area contributed by atoms with E-state index in [4.69, 9.17) is 9.47 Å². The fourth-order valence-electron chi connectivity index (χ4n) is 2.20. The maximum Gasteiger partial charge on any atom is 0.339 e. The molecule has 21 heavy (non-hydrogen) atoms. The van der Waals surface area contributed by atoms with Crippen LogP contribution in [0, 0.1) is 0 Å². The predicted octanol–water partition coefficient (Wildman–Crippen LogP) is 1.39. The van der Waals surface area contributed by atoms with Gasteiger partial charge < -0.3 is 9.47 Å². The molecule has 7 heteroatoms. The Labute approximate surface area is 121 Å². The van der Waals surface area contributed by atoms with E-state index in [9.17, 15) is 4.79 Å². The zero-order chi connectivity index (χ0) is 14.5. The van der Waals surface area contributed by atoms with Crippen molar-refractivity contribution >= 4 is 5.97 Å². The van der Waals surface area contributed by atoms with E-state index < -0.39 is 5.97 Å². The molecule has 7 nitrogen and oxygen atoms in total. The lowest BCUT2D eigenvalue weighted by Crippen LogP contribution is -2.26. The third kappa shape index (κ3) is 3.43. The van der Waals surface area contributed by atoms with Gasteiger partial charge in [0.15, 0.2) is 0 Å². The monoisotopic (exact) mass is 288 g/mol. The number of esters is 1. The Morgan fingerprint density at radius 2 is 2.38 bits per heavy atom. The Hall–Kier alpha value is -2.28. The van der Waals surface area contributed by atoms with Crippen LogP contribution in [0.25, 0.3) is 5.69 Å². The van der Waals surface area contributed by atoms with E-state index in [2.05, 4.69) is 15.3 Å². The molecule has 0 N–H and O–H groups in total. The molecular weight excluding hydrogens is 272 g/mol. The largest absolute Gasteiger partial charge is 0.459 e. The Bertz CT molecular complexity index is 594. The Morgan fingerprint density at radius 3 is 3.14 bits per heavy atom. The third-order valence-corrected chi connectivity index (χ3v) is 3.32. The maximum absolute atomic E-state index is 12.0. The molecule has 0 radical (unpaired) electrons. The first-order chi connectivity index (χ1) is 10.3. The summed E-state index contributed by atoms with van der Waals surface area (Å²) in [4.78, 5) is 16.1. The van der Waals surface area contributed by atoms with Crippen molar-refractivity contribution in [3.63, 3.8) is 0 Å². The lowest BCUT2D eigenvalue weighted by atomic mass is 10.1. The predicted molar refractivity (Wildman–Crippen MR) is 73.0 cm³/mol. The minimum atomic E-state index is -0.404. The summed E-state index contributed by atoms with van der Waals surface area (Å²) in [5.41, 5.74) is 1.05. The van der Waals surface area contributed by atoms with Gasteiger partial charge in [-0.3, -0.25) is 4.98 Å². The van der Waals surface area contributed by atoms with Crippen LogP contribution in [0.1, 0.15) is 29.6 Å². The van der Waals surface area contributed by atoms with Crippen molar-refractivity contribution in [2.24, 2.45) is 0 Å². The van der Waals surface area contributed by atoms with Crippen molar-refractivity contribution < 1.29 is 14.3 Å². The van der Waals surface area contributed by atoms with Crippen molar-refractivity contribution in [2.75, 3.05) is 13.2 Å². The van der Waals surface area contributed by atoms with Crippen molar-refractivity contribution in [3.8, 4) is 5.69 Å². The topological polar surface area (TPSA) is 79.1 Å². The van der Waals surface area contributed by atoms with Crippen LogP contribution in [0.4, 0.5) is 0 Å². The molecule has 1 aliphatic heterocycles. The van der Waals surface area contributed by atoms with Gasteiger partial charge in [0.05, 0.1) is 35.9 Å². The van der Waals surface area contributed by atoms with Crippen LogP contribution in [-0.4, -0.2) is 45.3 Å². The van der Waals surface area contributed by atoms with Crippen molar-refractivity contribution in [3.05, 3.63) is 36.4 Å². The van der Waals surface area contributed by atoms with Crippen LogP contribution in [0.5, 0.6) is 0 Å². The number of carbonyl (C=O) groups excluding carboxylic acids is 1. The molecular formula is C14H16N4O3. The summed E-state index contributed by atoms with van der Waals surface area (Å²) in [7, 11) is 0. The van der Waals surface area contributed by atoms with Gasteiger partial charge >= 0.3 is 5.97 Å². The first-order valence-corrected chi connectivity index (χ1v) is 6.93. The van der Waals surface area contributed by atoms with Crippen molar-refractivity contribution in [1.29, 1.82) is 0 Å². The summed E-state index contributed by atoms with van der Waals surface area (Å²) in [5, 5.41) is 7.58. The van der Waals surface area contributed by atoms with Gasteiger partial charge in [0, 0.05) is 12.8 Å². The van der Waals surface area contributed by atoms with E-state index in [0.717, 1.165) is 25.9 Å². The summed E-state index contributed by atoms with van der Waals surface area (Å²) in [6.07, 6.45) is 9.46. The second kappa shape index (κ2) is 6.45. The van der Waals surface area contributed by atoms with Gasteiger partial charge in [-0.15, -0.1) is 5.10 Å². The highest BCUT2D eigenvalue weighted by molar-refractivity contribution is 5.89. The molecule has 3 heterocycles. The molecule has 0 spiro atoms. The van der Waals surface area contributed by atoms with Crippen LogP contribution in [0.2, 0.25) is 0 Å². The number of carbonyl (C=O) groups is 1. The summed E-state index contributed by atoms with van der Waals surface area (Å²) in [5.74, 6) is -0.404. The number of pyridine rings is 1. The zero-order valence-electron chi connectivity index (χ0n) is 11.5. The fourth-order valence-corrected chi connectivity index (χ4v) is 2.20. The third-order valence-electron chi connectivity index (χ3n) is 3.32. The zero-order valence-corrected chi connectivity index (χ0v) is 11.5. The van der Waals surface area contributed by atoms with Gasteiger partial charge in [-0.2, -0.15) is 0 Å². The van der Waals surface area contributed by atoms with E-state index in [0.29, 0.717) is 11.3 Å². The van der Waals surface area contributed by atoms with Gasteiger partial charge in [0.1, 0.15) is 6.61 Å². The van der Waals surface area contributed by atoms with Gasteiger partial charge in [-0.1, -0.05) is 5.21 Å². The highest BCUT2D eigenvalue weighted by Crippen LogP contribution is 2.14. The molecule has 2 aromatic heterocycles. The molecule has 0 aromatic carbocycles. The van der Waals surface area contributed by atoms with E-state index in [1.165, 1.54) is 10.9 Å². The molecule has 1 saturated heterocycles. The Kier molecular flexibility index (Phi) is 4.20. The molecule has 3 rings (SSSR count). The van der Waals surface area contributed by atoms with Crippen LogP contribution in [-0.2, 0) is 9.47 Å². The number of hydrogen-bond acceptors (Lipinski definition) is 6. The van der Waals surface area contributed by atoms with E-state index in [1.54, 1.807) is 24.7 Å². The summed E-state index contributed by atoms with van der Waals surface area (Å²) >= 11 is 0. The number of nitrogens with zero attached hydrogens (tertiary/aromatic N) is 4. The molecule has 0 amide bonds. The second-order valence-corrected chi connectivity index (χ2v) is 4.87. The first-order valence-electron chi connectivity index (χ1n) is 6.93. The van der Waals surface area contributed by atoms with Gasteiger partial charge in [-0.25, -0.2) is 9.48 Å². The molecule has 2 aromatic rings. The maximum atomic E-state index is 12.0. The highest BCUT2D eigenvalue weighted by atomic mass is 16.6. The normalized spacial score (nSPS) is 18.4. The summed E-state index contributed by atoms with van der Waals surface area (Å²) < 4.78 is 12.4. The number of hydrogen-bond donors (Lipinski definition) is 0. The van der Waals surface area contributed by atoms with E-state index in [1.807, 2.05) is 0 Å². The molecule has 1 fully saturated rings. The molecule has 1 aliphatic rings. The van der Waals surface area contributed by atoms with Gasteiger partial charge in [-0.05, 0) is 25.3 Å². The average molecular weight is 288 g/mol. The minimum absolute atomic E-state index is 0.00848. The highest BCUT2D eigenvalue weighted by Gasteiger charge is 2.17. The van der Waals surface area contributed by atoms with Crippen LogP contribution in [0.3, 0.4) is 0 Å². The first kappa shape index (κ1) is 13.7. The molecule has 0 saturated carbocycles. The number of rotatable bonds is 4. The van der Waals surface area contributed by atoms with Crippen molar-refractivity contribution in [2.45, 2.75) is 25.4 Å². The summed E-state index contributed by atoms with van der Waals surface area (Å²) in [6.45, 7) is 1.03. The molecule has 0 aliphatic carbocycles. The Morgan fingerprint density at radius 1 is 1.43 bits per heavy atom. The molecule has 1 atom stereocenters. The van der Waals surface area contributed by atoms with E-state index >= 15 is 0 Å². The number of aromatic nitrogens is 4. The Balaban J connectivity index is 1.63.